The third kappa shape index (κ3) is 19.4. The van der Waals surface area contributed by atoms with Crippen LogP contribution in [0.2, 0.25) is 0 Å². The summed E-state index contributed by atoms with van der Waals surface area (Å²) >= 11 is 0. The van der Waals surface area contributed by atoms with E-state index in [0.717, 1.165) is 36.5 Å². The lowest BCUT2D eigenvalue weighted by molar-refractivity contribution is -0.161. The molecule has 0 aromatic carbocycles. The molecule has 0 radical (unpaired) electrons. The molecular weight excluding hydrogens is 788 g/mol. The van der Waals surface area contributed by atoms with Gasteiger partial charge in [-0.15, -0.1) is 0 Å². The Bertz CT molecular complexity index is 1620. The van der Waals surface area contributed by atoms with Crippen molar-refractivity contribution in [3.05, 3.63) is 112 Å². The van der Waals surface area contributed by atoms with Gasteiger partial charge < -0.3 is 48.5 Å². The first-order valence-electron chi connectivity index (χ1n) is 17.7. The Morgan fingerprint density at radius 1 is 0.400 bits per heavy atom. The third-order valence-corrected chi connectivity index (χ3v) is 8.05. The molecule has 0 bridgehead atoms. The molecule has 0 saturated heterocycles. The van der Waals surface area contributed by atoms with Crippen LogP contribution in [0.15, 0.2) is 112 Å². The summed E-state index contributed by atoms with van der Waals surface area (Å²) in [5, 5.41) is 5.30. The smallest absolute Gasteiger partial charge is 0.407 e. The number of alkyl carbamates (subject to hydrolysis) is 2. The Morgan fingerprint density at radius 3 is 0.867 bits per heavy atom. The van der Waals surface area contributed by atoms with Gasteiger partial charge in [-0.2, -0.15) is 0 Å². The molecule has 0 unspecified atom stereocenters. The van der Waals surface area contributed by atoms with Crippen LogP contribution in [-0.4, -0.2) is 112 Å². The monoisotopic (exact) mass is 842 g/mol. The van der Waals surface area contributed by atoms with Crippen LogP contribution in [0.4, 0.5) is 9.59 Å². The Kier molecular flexibility index (Phi) is 22.4. The summed E-state index contributed by atoms with van der Waals surface area (Å²) in [4.78, 5) is 97.9. The molecule has 18 heteroatoms. The second-order valence-corrected chi connectivity index (χ2v) is 13.9. The average Bonchev–Trinajstić information content (AvgIpc) is 3.22. The molecule has 0 aliphatic heterocycles. The lowest BCUT2D eigenvalue weighted by Crippen LogP contribution is -2.49. The molecule has 2 amide bonds. The average molecular weight is 843 g/mol. The number of hydrogen-bond acceptors (Lipinski definition) is 16. The minimum absolute atomic E-state index is 0.278. The fourth-order valence-corrected chi connectivity index (χ4v) is 4.23. The highest BCUT2D eigenvalue weighted by Gasteiger charge is 2.40. The summed E-state index contributed by atoms with van der Waals surface area (Å²) in [6.07, 6.45) is 6.16. The van der Waals surface area contributed by atoms with Crippen LogP contribution in [-0.2, 0) is 66.7 Å². The van der Waals surface area contributed by atoms with Crippen molar-refractivity contribution in [2.75, 3.05) is 52.9 Å². The van der Waals surface area contributed by atoms with Crippen LogP contribution in [0.1, 0.15) is 27.7 Å². The Morgan fingerprint density at radius 2 is 0.633 bits per heavy atom. The molecule has 0 aromatic heterocycles. The maximum Gasteiger partial charge on any atom is 0.407 e. The van der Waals surface area contributed by atoms with Crippen LogP contribution in [0.3, 0.4) is 0 Å². The normalized spacial score (nSPS) is 11.4. The topological polar surface area (TPSA) is 234 Å². The molecular formula is C42H54N2O16. The highest BCUT2D eigenvalue weighted by atomic mass is 16.6. The molecule has 0 rings (SSSR count). The van der Waals surface area contributed by atoms with Gasteiger partial charge >= 0.3 is 48.0 Å². The largest absolute Gasteiger partial charge is 0.462 e. The van der Waals surface area contributed by atoms with E-state index in [2.05, 4.69) is 63.3 Å². The zero-order chi connectivity index (χ0) is 46.2. The number of rotatable bonds is 28. The van der Waals surface area contributed by atoms with E-state index in [9.17, 15) is 38.4 Å². The Hall–Kier alpha value is -6.98. The van der Waals surface area contributed by atoms with E-state index in [1.807, 2.05) is 0 Å². The van der Waals surface area contributed by atoms with E-state index in [4.69, 9.17) is 37.9 Å². The predicted molar refractivity (Wildman–Crippen MR) is 216 cm³/mol. The summed E-state index contributed by atoms with van der Waals surface area (Å²) in [6.45, 7) is 29.7. The van der Waals surface area contributed by atoms with Gasteiger partial charge in [-0.25, -0.2) is 38.4 Å². The van der Waals surface area contributed by atoms with Crippen molar-refractivity contribution in [3.8, 4) is 0 Å². The molecule has 0 aliphatic carbocycles. The van der Waals surface area contributed by atoms with Gasteiger partial charge in [0.2, 0.25) is 0 Å². The molecule has 2 N–H and O–H groups in total. The van der Waals surface area contributed by atoms with Gasteiger partial charge in [-0.1, -0.05) is 64.8 Å². The fraction of sp³-hybridized carbons (Fsp3) is 0.381. The van der Waals surface area contributed by atoms with Crippen LogP contribution in [0.25, 0.3) is 0 Å². The van der Waals surface area contributed by atoms with Gasteiger partial charge in [-0.05, 0) is 38.8 Å². The number of ether oxygens (including phenoxy) is 8. The summed E-state index contributed by atoms with van der Waals surface area (Å²) in [6, 6.07) is 0. The first-order chi connectivity index (χ1) is 28.0. The van der Waals surface area contributed by atoms with E-state index in [-0.39, 0.29) is 5.57 Å². The zero-order valence-corrected chi connectivity index (χ0v) is 34.5. The number of nitrogens with one attached hydrogen (secondary N) is 2. The molecule has 60 heavy (non-hydrogen) atoms. The predicted octanol–water partition coefficient (Wildman–Crippen LogP) is 4.01. The van der Waals surface area contributed by atoms with Crippen LogP contribution >= 0.6 is 0 Å². The highest BCUT2D eigenvalue weighted by molar-refractivity contribution is 5.83. The number of amides is 2. The molecule has 0 spiro atoms. The number of esters is 6. The van der Waals surface area contributed by atoms with Crippen molar-refractivity contribution in [3.63, 3.8) is 0 Å². The van der Waals surface area contributed by atoms with E-state index in [1.165, 1.54) is 12.2 Å². The maximum absolute atomic E-state index is 13.2. The molecule has 0 saturated carbocycles. The first kappa shape index (κ1) is 53.0. The van der Waals surface area contributed by atoms with Gasteiger partial charge in [0.15, 0.2) is 0 Å². The van der Waals surface area contributed by atoms with Gasteiger partial charge in [-0.3, -0.25) is 0 Å². The summed E-state index contributed by atoms with van der Waals surface area (Å²) in [7, 11) is 0. The summed E-state index contributed by atoms with van der Waals surface area (Å²) in [5.41, 5.74) is -5.02. The standard InChI is InChI=1S/C42H54N2O16/c1-13-30(40(11,12)44-38(52)60-28-42(24-56-34(48)17-5,25-57-35(49)18-6)26-58-36(50)19-7)20-29(8)39(9,10)43-37(51)59-27-41(21-53-31(45)14-2,22-54-32(46)15-3)23-55-33(47)16-4/h13-20H,1-8,21-28H2,9-12H3,(H,43,51)(H,44,52)/b30-20+. The summed E-state index contributed by atoms with van der Waals surface area (Å²) < 4.78 is 41.8. The van der Waals surface area contributed by atoms with Crippen molar-refractivity contribution in [2.24, 2.45) is 10.8 Å². The molecule has 0 fully saturated rings. The van der Waals surface area contributed by atoms with Crippen LogP contribution in [0.5, 0.6) is 0 Å². The van der Waals surface area contributed by atoms with E-state index >= 15 is 0 Å². The molecule has 0 aliphatic rings. The molecule has 0 atom stereocenters. The third-order valence-electron chi connectivity index (χ3n) is 8.05. The molecule has 328 valence electrons. The van der Waals surface area contributed by atoms with E-state index in [1.54, 1.807) is 27.7 Å². The quantitative estimate of drug-likeness (QED) is 0.0490. The van der Waals surface area contributed by atoms with Crippen LogP contribution in [0, 0.1) is 10.8 Å². The minimum Gasteiger partial charge on any atom is -0.462 e. The number of carbonyl (C=O) groups is 8. The number of carbonyl (C=O) groups excluding carboxylic acids is 8. The van der Waals surface area contributed by atoms with Crippen LogP contribution < -0.4 is 10.6 Å². The van der Waals surface area contributed by atoms with Crippen molar-refractivity contribution >= 4 is 48.0 Å². The minimum atomic E-state index is -1.59. The SMILES string of the molecule is C=CC(=O)OCC(COC(=O)C=C)(COC(=O)C=C)COC(=O)NC(C)(C)C(=C)/C=C(\C=C)C(C)(C)NC(=O)OCC(COC(=O)C=C)(COC(=O)C=C)COC(=O)C=C. The Labute approximate surface area is 349 Å². The Balaban J connectivity index is 6.24. The first-order valence-corrected chi connectivity index (χ1v) is 17.7. The maximum atomic E-state index is 13.2. The van der Waals surface area contributed by atoms with Gasteiger partial charge in [0, 0.05) is 36.5 Å². The lowest BCUT2D eigenvalue weighted by Gasteiger charge is -2.34. The number of hydrogen-bond donors (Lipinski definition) is 2. The molecule has 0 heterocycles. The van der Waals surface area contributed by atoms with E-state index < -0.39 is 123 Å². The summed E-state index contributed by atoms with van der Waals surface area (Å²) in [5.74, 6) is -5.17. The van der Waals surface area contributed by atoms with Crippen molar-refractivity contribution < 1.29 is 76.3 Å². The van der Waals surface area contributed by atoms with E-state index in [0.29, 0.717) is 5.57 Å². The molecule has 18 nitrogen and oxygen atoms in total. The van der Waals surface area contributed by atoms with Gasteiger partial charge in [0.1, 0.15) is 63.7 Å². The lowest BCUT2D eigenvalue weighted by atomic mass is 9.87. The van der Waals surface area contributed by atoms with Crippen molar-refractivity contribution in [2.45, 2.75) is 38.8 Å². The highest BCUT2D eigenvalue weighted by Crippen LogP contribution is 2.26. The molecule has 0 aromatic rings. The van der Waals surface area contributed by atoms with Crippen molar-refractivity contribution in [1.82, 2.24) is 10.6 Å². The van der Waals surface area contributed by atoms with Crippen molar-refractivity contribution in [1.29, 1.82) is 0 Å². The van der Waals surface area contributed by atoms with Gasteiger partial charge in [0.05, 0.1) is 11.1 Å². The second kappa shape index (κ2) is 25.4. The van der Waals surface area contributed by atoms with Gasteiger partial charge in [0.25, 0.3) is 0 Å². The second-order valence-electron chi connectivity index (χ2n) is 13.9. The fourth-order valence-electron chi connectivity index (χ4n) is 4.23. The zero-order valence-electron chi connectivity index (χ0n) is 34.5.